The van der Waals surface area contributed by atoms with Gasteiger partial charge in [0, 0.05) is 37.8 Å². The average Bonchev–Trinajstić information content (AvgIpc) is 3.27. The molecule has 0 unspecified atom stereocenters. The zero-order valence-corrected chi connectivity index (χ0v) is 19.5. The first kappa shape index (κ1) is 22.5. The van der Waals surface area contributed by atoms with Crippen LogP contribution in [0.4, 0.5) is 17.1 Å². The van der Waals surface area contributed by atoms with Crippen molar-refractivity contribution in [2.24, 2.45) is 0 Å². The van der Waals surface area contributed by atoms with Crippen LogP contribution < -0.4 is 10.2 Å². The van der Waals surface area contributed by atoms with Gasteiger partial charge in [-0.2, -0.15) is 0 Å². The second-order valence-electron chi connectivity index (χ2n) is 8.74. The van der Waals surface area contributed by atoms with E-state index < -0.39 is 10.8 Å². The molecule has 1 saturated heterocycles. The minimum Gasteiger partial charge on any atom is -0.436 e. The third kappa shape index (κ3) is 4.58. The number of fused-ring (bicyclic) bond motifs is 1. The quantitative estimate of drug-likeness (QED) is 0.332. The van der Waals surface area contributed by atoms with Gasteiger partial charge >= 0.3 is 0 Å². The van der Waals surface area contributed by atoms with Crippen LogP contribution in [-0.4, -0.2) is 53.9 Å². The summed E-state index contributed by atoms with van der Waals surface area (Å²) < 4.78 is 5.92. The van der Waals surface area contributed by atoms with E-state index in [4.69, 9.17) is 4.42 Å². The number of hydrogen-bond acceptors (Lipinski definition) is 7. The maximum absolute atomic E-state index is 13.1. The molecule has 0 radical (unpaired) electrons. The molecule has 0 spiro atoms. The van der Waals surface area contributed by atoms with Crippen molar-refractivity contribution in [3.63, 3.8) is 0 Å². The van der Waals surface area contributed by atoms with Crippen LogP contribution in [0.3, 0.4) is 0 Å². The highest BCUT2D eigenvalue weighted by molar-refractivity contribution is 6.06. The summed E-state index contributed by atoms with van der Waals surface area (Å²) in [6.45, 7) is 5.02. The number of amides is 1. The van der Waals surface area contributed by atoms with Gasteiger partial charge in [-0.15, -0.1) is 0 Å². The molecule has 5 rings (SSSR count). The van der Waals surface area contributed by atoms with E-state index in [2.05, 4.69) is 15.2 Å². The predicted octanol–water partition coefficient (Wildman–Crippen LogP) is 4.72. The normalized spacial score (nSPS) is 14.3. The number of oxazole rings is 1. The van der Waals surface area contributed by atoms with Gasteiger partial charge in [0.25, 0.3) is 11.6 Å². The average molecular weight is 472 g/mol. The van der Waals surface area contributed by atoms with Gasteiger partial charge in [0.15, 0.2) is 5.58 Å². The summed E-state index contributed by atoms with van der Waals surface area (Å²) in [6.07, 6.45) is 0. The summed E-state index contributed by atoms with van der Waals surface area (Å²) in [5.74, 6) is -0.0599. The number of aromatic nitrogens is 1. The lowest BCUT2D eigenvalue weighted by Crippen LogP contribution is -2.44. The Kier molecular flexibility index (Phi) is 5.92. The van der Waals surface area contributed by atoms with E-state index in [0.717, 1.165) is 24.2 Å². The number of hydrogen-bond donors (Lipinski definition) is 1. The molecule has 3 aromatic carbocycles. The maximum Gasteiger partial charge on any atom is 0.293 e. The molecule has 1 N–H and O–H groups in total. The summed E-state index contributed by atoms with van der Waals surface area (Å²) in [5.41, 5.74) is 4.24. The monoisotopic (exact) mass is 471 g/mol. The molecule has 2 heterocycles. The number of para-hydroxylation sites is 1. The van der Waals surface area contributed by atoms with Crippen molar-refractivity contribution >= 4 is 34.1 Å². The lowest BCUT2D eigenvalue weighted by molar-refractivity contribution is -0.384. The van der Waals surface area contributed by atoms with E-state index in [1.807, 2.05) is 49.2 Å². The molecular formula is C26H25N5O4. The second-order valence-corrected chi connectivity index (χ2v) is 8.74. The molecule has 1 fully saturated rings. The number of anilines is 2. The molecule has 0 aliphatic carbocycles. The van der Waals surface area contributed by atoms with E-state index >= 15 is 0 Å². The Morgan fingerprint density at radius 3 is 2.60 bits per heavy atom. The number of rotatable bonds is 5. The first-order chi connectivity index (χ1) is 16.9. The molecule has 178 valence electrons. The number of carbonyl (C=O) groups excluding carboxylic acids is 1. The van der Waals surface area contributed by atoms with Gasteiger partial charge in [0.05, 0.1) is 16.2 Å². The Labute approximate surface area is 202 Å². The molecule has 4 aromatic rings. The minimum absolute atomic E-state index is 0.0789. The van der Waals surface area contributed by atoms with E-state index in [9.17, 15) is 14.9 Å². The molecule has 1 amide bonds. The number of nitro benzene ring substituents is 1. The number of nitro groups is 1. The van der Waals surface area contributed by atoms with Crippen LogP contribution in [0.25, 0.3) is 22.6 Å². The zero-order valence-electron chi connectivity index (χ0n) is 19.5. The first-order valence-corrected chi connectivity index (χ1v) is 11.4. The molecule has 0 saturated carbocycles. The van der Waals surface area contributed by atoms with Gasteiger partial charge in [-0.25, -0.2) is 4.98 Å². The van der Waals surface area contributed by atoms with Gasteiger partial charge in [0.1, 0.15) is 11.2 Å². The molecule has 1 aliphatic rings. The molecule has 0 atom stereocenters. The number of nitrogens with zero attached hydrogens (tertiary/aromatic N) is 4. The van der Waals surface area contributed by atoms with Crippen molar-refractivity contribution in [2.45, 2.75) is 6.92 Å². The van der Waals surface area contributed by atoms with E-state index in [1.54, 1.807) is 24.3 Å². The van der Waals surface area contributed by atoms with Crippen LogP contribution in [0.1, 0.15) is 15.9 Å². The van der Waals surface area contributed by atoms with Crippen molar-refractivity contribution in [1.29, 1.82) is 0 Å². The topological polar surface area (TPSA) is 105 Å². The smallest absolute Gasteiger partial charge is 0.293 e. The fourth-order valence-corrected chi connectivity index (χ4v) is 4.25. The molecule has 0 bridgehead atoms. The first-order valence-electron chi connectivity index (χ1n) is 11.4. The number of piperazine rings is 1. The number of carbonyl (C=O) groups is 1. The predicted molar refractivity (Wildman–Crippen MR) is 135 cm³/mol. The third-order valence-corrected chi connectivity index (χ3v) is 6.23. The maximum atomic E-state index is 13.1. The lowest BCUT2D eigenvalue weighted by atomic mass is 10.1. The van der Waals surface area contributed by atoms with Crippen molar-refractivity contribution < 1.29 is 14.1 Å². The number of benzene rings is 3. The van der Waals surface area contributed by atoms with Crippen LogP contribution in [-0.2, 0) is 0 Å². The Hall–Kier alpha value is -4.24. The molecular weight excluding hydrogens is 446 g/mol. The largest absolute Gasteiger partial charge is 0.436 e. The van der Waals surface area contributed by atoms with E-state index in [-0.39, 0.29) is 11.3 Å². The Balaban J connectivity index is 1.43. The molecule has 1 aliphatic heterocycles. The van der Waals surface area contributed by atoms with Crippen molar-refractivity contribution in [3.8, 4) is 11.5 Å². The molecule has 9 nitrogen and oxygen atoms in total. The van der Waals surface area contributed by atoms with Gasteiger partial charge in [-0.1, -0.05) is 18.2 Å². The second kappa shape index (κ2) is 9.19. The summed E-state index contributed by atoms with van der Waals surface area (Å²) in [4.78, 5) is 33.3. The Morgan fingerprint density at radius 1 is 1.06 bits per heavy atom. The number of nitrogens with one attached hydrogen (secondary N) is 1. The lowest BCUT2D eigenvalue weighted by Gasteiger charge is -2.33. The fraction of sp³-hybridized carbons (Fsp3) is 0.231. The summed E-state index contributed by atoms with van der Waals surface area (Å²) >= 11 is 0. The molecule has 1 aromatic heterocycles. The summed E-state index contributed by atoms with van der Waals surface area (Å²) in [6, 6.07) is 17.6. The van der Waals surface area contributed by atoms with Gasteiger partial charge in [0.2, 0.25) is 5.89 Å². The number of aryl methyl sites for hydroxylation is 1. The third-order valence-electron chi connectivity index (χ3n) is 6.23. The van der Waals surface area contributed by atoms with Crippen molar-refractivity contribution in [2.75, 3.05) is 43.4 Å². The molecule has 35 heavy (non-hydrogen) atoms. The van der Waals surface area contributed by atoms with Crippen LogP contribution in [0.2, 0.25) is 0 Å². The van der Waals surface area contributed by atoms with Crippen molar-refractivity contribution in [3.05, 3.63) is 81.9 Å². The highest BCUT2D eigenvalue weighted by Crippen LogP contribution is 2.33. The zero-order chi connectivity index (χ0) is 24.5. The van der Waals surface area contributed by atoms with Gasteiger partial charge in [-0.05, 0) is 55.9 Å². The van der Waals surface area contributed by atoms with Crippen molar-refractivity contribution in [1.82, 2.24) is 9.88 Å². The SMILES string of the molecule is Cc1ccc2oc(-c3ccccc3NC(=O)c3ccc(N4CCN(C)CC4)c([N+](=O)[O-])c3)nc2c1. The standard InChI is InChI=1S/C26H25N5O4/c1-17-7-10-24-21(15-17)28-26(35-24)19-5-3-4-6-20(19)27-25(32)18-8-9-22(23(16-18)31(33)34)30-13-11-29(2)12-14-30/h3-10,15-16H,11-14H2,1-2H3,(H,27,32). The van der Waals surface area contributed by atoms with E-state index in [0.29, 0.717) is 41.5 Å². The van der Waals surface area contributed by atoms with E-state index in [1.165, 1.54) is 6.07 Å². The molecule has 9 heteroatoms. The van der Waals surface area contributed by atoms with Crippen LogP contribution in [0, 0.1) is 17.0 Å². The highest BCUT2D eigenvalue weighted by atomic mass is 16.6. The highest BCUT2D eigenvalue weighted by Gasteiger charge is 2.24. The Morgan fingerprint density at radius 2 is 1.83 bits per heavy atom. The van der Waals surface area contributed by atoms with Crippen LogP contribution in [0.5, 0.6) is 0 Å². The van der Waals surface area contributed by atoms with Crippen LogP contribution in [0.15, 0.2) is 65.1 Å². The van der Waals surface area contributed by atoms with Gasteiger partial charge < -0.3 is 19.5 Å². The van der Waals surface area contributed by atoms with Crippen LogP contribution >= 0.6 is 0 Å². The summed E-state index contributed by atoms with van der Waals surface area (Å²) in [7, 11) is 2.03. The number of likely N-dealkylation sites (N-methyl/N-ethyl adjacent to an activating group) is 1. The Bertz CT molecular complexity index is 1420. The van der Waals surface area contributed by atoms with Gasteiger partial charge in [-0.3, -0.25) is 14.9 Å². The minimum atomic E-state index is -0.447. The summed E-state index contributed by atoms with van der Waals surface area (Å²) in [5, 5.41) is 14.7. The fourth-order valence-electron chi connectivity index (χ4n) is 4.25.